The van der Waals surface area contributed by atoms with E-state index >= 15 is 0 Å². The maximum Gasteiger partial charge on any atom is 0.190 e. The number of thioether (sulfide) groups is 1. The van der Waals surface area contributed by atoms with Crippen molar-refractivity contribution in [1.29, 1.82) is 0 Å². The smallest absolute Gasteiger partial charge is 0.190 e. The Hall–Kier alpha value is -1.51. The van der Waals surface area contributed by atoms with Gasteiger partial charge in [-0.1, -0.05) is 42.3 Å². The number of halogens is 1. The molecule has 0 radical (unpaired) electrons. The Labute approximate surface area is 166 Å². The number of aliphatic hydroxyl groups excluding tert-OH is 1. The minimum atomic E-state index is -0.803. The van der Waals surface area contributed by atoms with Crippen LogP contribution in [0.5, 0.6) is 0 Å². The van der Waals surface area contributed by atoms with Crippen LogP contribution in [0.3, 0.4) is 0 Å². The number of hydrogen-bond donors (Lipinski definition) is 1. The van der Waals surface area contributed by atoms with Crippen molar-refractivity contribution in [3.8, 4) is 0 Å². The van der Waals surface area contributed by atoms with Gasteiger partial charge in [-0.2, -0.15) is 0 Å². The molecule has 0 aromatic carbocycles. The largest absolute Gasteiger partial charge is 0.393 e. The lowest BCUT2D eigenvalue weighted by Gasteiger charge is -2.15. The fraction of sp³-hybridized carbons (Fsp3) is 0.647. The molecule has 1 N–H and O–H groups in total. The molecule has 2 aromatic rings. The van der Waals surface area contributed by atoms with Crippen LogP contribution in [0.15, 0.2) is 16.5 Å². The van der Waals surface area contributed by atoms with Crippen LogP contribution >= 0.6 is 23.4 Å². The molecule has 2 aromatic heterocycles. The SMILES string of the molecule is CCC1OC(n2cc(CC(O)CN=[N+]=[N-])c3c(Cl)nc(SC)nc32)CC1C. The predicted molar refractivity (Wildman–Crippen MR) is 106 cm³/mol. The molecule has 27 heavy (non-hydrogen) atoms. The predicted octanol–water partition coefficient (Wildman–Crippen LogP) is 4.35. The number of hydrogen-bond acceptors (Lipinski definition) is 6. The summed E-state index contributed by atoms with van der Waals surface area (Å²) in [6, 6.07) is 0. The van der Waals surface area contributed by atoms with Gasteiger partial charge in [0.15, 0.2) is 5.16 Å². The maximum atomic E-state index is 10.2. The van der Waals surface area contributed by atoms with Crippen LogP contribution in [0.1, 0.15) is 38.5 Å². The normalized spacial score (nSPS) is 23.5. The van der Waals surface area contributed by atoms with Crippen molar-refractivity contribution in [3.05, 3.63) is 27.4 Å². The highest BCUT2D eigenvalue weighted by molar-refractivity contribution is 7.98. The van der Waals surface area contributed by atoms with Crippen molar-refractivity contribution < 1.29 is 9.84 Å². The van der Waals surface area contributed by atoms with E-state index in [1.807, 2.05) is 17.0 Å². The van der Waals surface area contributed by atoms with Gasteiger partial charge in [0.2, 0.25) is 0 Å². The molecule has 3 rings (SSSR count). The summed E-state index contributed by atoms with van der Waals surface area (Å²) >= 11 is 7.88. The van der Waals surface area contributed by atoms with E-state index in [0.717, 1.165) is 18.4 Å². The summed E-state index contributed by atoms with van der Waals surface area (Å²) in [5, 5.41) is 15.3. The molecule has 10 heteroatoms. The van der Waals surface area contributed by atoms with Gasteiger partial charge in [0.05, 0.1) is 24.1 Å². The zero-order valence-electron chi connectivity index (χ0n) is 15.5. The second-order valence-corrected chi connectivity index (χ2v) is 7.91. The number of rotatable bonds is 7. The van der Waals surface area contributed by atoms with Gasteiger partial charge >= 0.3 is 0 Å². The average Bonchev–Trinajstić information content (AvgIpc) is 3.20. The Bertz CT molecular complexity index is 869. The van der Waals surface area contributed by atoms with Gasteiger partial charge in [0.1, 0.15) is 17.0 Å². The summed E-state index contributed by atoms with van der Waals surface area (Å²) in [7, 11) is 0. The molecule has 8 nitrogen and oxygen atoms in total. The number of aromatic nitrogens is 3. The van der Waals surface area contributed by atoms with Gasteiger partial charge in [-0.05, 0) is 36.1 Å². The number of azide groups is 1. The van der Waals surface area contributed by atoms with E-state index in [2.05, 4.69) is 33.8 Å². The van der Waals surface area contributed by atoms with Gasteiger partial charge in [-0.15, -0.1) is 0 Å². The summed E-state index contributed by atoms with van der Waals surface area (Å²) in [5.74, 6) is 0.453. The second-order valence-electron chi connectivity index (χ2n) is 6.78. The number of ether oxygens (including phenoxy) is 1. The zero-order chi connectivity index (χ0) is 19.6. The molecule has 0 amide bonds. The topological polar surface area (TPSA) is 109 Å². The first-order valence-electron chi connectivity index (χ1n) is 8.93. The summed E-state index contributed by atoms with van der Waals surface area (Å²) in [5.41, 5.74) is 9.99. The molecule has 0 spiro atoms. The summed E-state index contributed by atoms with van der Waals surface area (Å²) in [6.45, 7) is 4.32. The standard InChI is InChI=1S/C17H23ClN6O2S/c1-4-12-9(2)5-13(26-12)24-8-10(6-11(25)7-20-23-19)14-15(18)21-17(27-3)22-16(14)24/h8-9,11-13,25H,4-7H2,1-3H3. The van der Waals surface area contributed by atoms with E-state index in [4.69, 9.17) is 21.9 Å². The highest BCUT2D eigenvalue weighted by Gasteiger charge is 2.33. The third kappa shape index (κ3) is 4.17. The monoisotopic (exact) mass is 410 g/mol. The van der Waals surface area contributed by atoms with E-state index in [0.29, 0.717) is 33.7 Å². The van der Waals surface area contributed by atoms with Gasteiger partial charge in [0, 0.05) is 17.5 Å². The van der Waals surface area contributed by atoms with Crippen LogP contribution in [0.4, 0.5) is 0 Å². The van der Waals surface area contributed by atoms with Crippen molar-refractivity contribution in [3.63, 3.8) is 0 Å². The maximum absolute atomic E-state index is 10.2. The first-order chi connectivity index (χ1) is 13.0. The number of aliphatic hydroxyl groups is 1. The van der Waals surface area contributed by atoms with Crippen molar-refractivity contribution in [2.24, 2.45) is 11.0 Å². The summed E-state index contributed by atoms with van der Waals surface area (Å²) in [4.78, 5) is 11.7. The van der Waals surface area contributed by atoms with Crippen LogP contribution in [0, 0.1) is 5.92 Å². The Morgan fingerprint density at radius 2 is 2.33 bits per heavy atom. The molecule has 146 valence electrons. The van der Waals surface area contributed by atoms with Crippen LogP contribution in [-0.4, -0.2) is 44.7 Å². The molecule has 3 heterocycles. The van der Waals surface area contributed by atoms with Crippen molar-refractivity contribution >= 4 is 34.4 Å². The minimum absolute atomic E-state index is 0.000579. The Morgan fingerprint density at radius 3 is 2.96 bits per heavy atom. The average molecular weight is 411 g/mol. The number of nitrogens with zero attached hydrogens (tertiary/aromatic N) is 6. The van der Waals surface area contributed by atoms with E-state index in [9.17, 15) is 5.11 Å². The van der Waals surface area contributed by atoms with Crippen molar-refractivity contribution in [2.75, 3.05) is 12.8 Å². The molecule has 1 aliphatic rings. The first kappa shape index (κ1) is 20.2. The Morgan fingerprint density at radius 1 is 1.56 bits per heavy atom. The van der Waals surface area contributed by atoms with E-state index in [1.54, 1.807) is 0 Å². The van der Waals surface area contributed by atoms with Crippen LogP contribution in [0.25, 0.3) is 21.5 Å². The fourth-order valence-electron chi connectivity index (χ4n) is 3.61. The van der Waals surface area contributed by atoms with Gasteiger partial charge in [-0.3, -0.25) is 0 Å². The van der Waals surface area contributed by atoms with Crippen LogP contribution in [0.2, 0.25) is 5.15 Å². The molecule has 0 bridgehead atoms. The van der Waals surface area contributed by atoms with E-state index in [-0.39, 0.29) is 18.9 Å². The molecule has 1 aliphatic heterocycles. The van der Waals surface area contributed by atoms with Crippen LogP contribution < -0.4 is 0 Å². The van der Waals surface area contributed by atoms with Gasteiger partial charge in [0.25, 0.3) is 0 Å². The molecular formula is C17H23ClN6O2S. The lowest BCUT2D eigenvalue weighted by atomic mass is 10.0. The lowest BCUT2D eigenvalue weighted by Crippen LogP contribution is -2.14. The number of fused-ring (bicyclic) bond motifs is 1. The molecule has 0 saturated carbocycles. The highest BCUT2D eigenvalue weighted by atomic mass is 35.5. The van der Waals surface area contributed by atoms with Crippen molar-refractivity contribution in [2.45, 2.75) is 56.7 Å². The Kier molecular flexibility index (Phi) is 6.49. The molecule has 4 unspecified atom stereocenters. The first-order valence-corrected chi connectivity index (χ1v) is 10.5. The summed E-state index contributed by atoms with van der Waals surface area (Å²) < 4.78 is 8.24. The lowest BCUT2D eigenvalue weighted by molar-refractivity contribution is -0.00288. The van der Waals surface area contributed by atoms with E-state index < -0.39 is 6.10 Å². The molecule has 0 aliphatic carbocycles. The summed E-state index contributed by atoms with van der Waals surface area (Å²) in [6.07, 6.45) is 5.26. The minimum Gasteiger partial charge on any atom is -0.393 e. The fourth-order valence-corrected chi connectivity index (χ4v) is 4.31. The van der Waals surface area contributed by atoms with Crippen molar-refractivity contribution in [1.82, 2.24) is 14.5 Å². The molecule has 1 fully saturated rings. The third-order valence-electron chi connectivity index (χ3n) is 4.93. The molecule has 1 saturated heterocycles. The zero-order valence-corrected chi connectivity index (χ0v) is 17.1. The third-order valence-corrected chi connectivity index (χ3v) is 5.75. The Balaban J connectivity index is 2.04. The molecular weight excluding hydrogens is 388 g/mol. The second kappa shape index (κ2) is 8.67. The highest BCUT2D eigenvalue weighted by Crippen LogP contribution is 2.39. The van der Waals surface area contributed by atoms with E-state index in [1.165, 1.54) is 11.8 Å². The van der Waals surface area contributed by atoms with Crippen LogP contribution in [-0.2, 0) is 11.2 Å². The van der Waals surface area contributed by atoms with Gasteiger partial charge < -0.3 is 14.4 Å². The van der Waals surface area contributed by atoms with Gasteiger partial charge in [-0.25, -0.2) is 9.97 Å². The quantitative estimate of drug-likeness (QED) is 0.182. The molecule has 4 atom stereocenters.